The topological polar surface area (TPSA) is 55.8 Å². The van der Waals surface area contributed by atoms with Crippen LogP contribution in [-0.4, -0.2) is 29.8 Å². The van der Waals surface area contributed by atoms with Gasteiger partial charge >= 0.3 is 12.1 Å². The van der Waals surface area contributed by atoms with Crippen LogP contribution in [-0.2, 0) is 20.7 Å². The molecule has 0 bridgehead atoms. The molecular formula is C29H43NO4. The summed E-state index contributed by atoms with van der Waals surface area (Å²) in [7, 11) is 0. The summed E-state index contributed by atoms with van der Waals surface area (Å²) in [4.78, 5) is 26.5. The third-order valence-corrected chi connectivity index (χ3v) is 6.52. The number of esters is 1. The lowest BCUT2D eigenvalue weighted by atomic mass is 10.1. The summed E-state index contributed by atoms with van der Waals surface area (Å²) in [5.74, 6) is 2.22. The second-order valence-electron chi connectivity index (χ2n) is 9.31. The van der Waals surface area contributed by atoms with Crippen molar-refractivity contribution in [3.05, 3.63) is 35.4 Å². The lowest BCUT2D eigenvalue weighted by Gasteiger charge is -2.28. The van der Waals surface area contributed by atoms with Gasteiger partial charge < -0.3 is 9.47 Å². The highest BCUT2D eigenvalue weighted by Gasteiger charge is 2.32. The molecule has 0 aliphatic heterocycles. The molecule has 2 rings (SSSR count). The Balaban J connectivity index is 1.62. The maximum Gasteiger partial charge on any atom is 0.414 e. The van der Waals surface area contributed by atoms with Crippen LogP contribution in [0, 0.1) is 12.3 Å². The van der Waals surface area contributed by atoms with Crippen molar-refractivity contribution >= 4 is 12.1 Å². The number of carbonyl (C=O) groups excluding carboxylic acids is 2. The van der Waals surface area contributed by atoms with Crippen molar-refractivity contribution in [2.45, 2.75) is 116 Å². The Morgan fingerprint density at radius 2 is 1.62 bits per heavy atom. The van der Waals surface area contributed by atoms with Crippen LogP contribution in [0.2, 0.25) is 0 Å². The van der Waals surface area contributed by atoms with Crippen molar-refractivity contribution < 1.29 is 19.1 Å². The smallest absolute Gasteiger partial charge is 0.414 e. The second-order valence-corrected chi connectivity index (χ2v) is 9.31. The summed E-state index contributed by atoms with van der Waals surface area (Å²) < 4.78 is 10.7. The number of benzene rings is 1. The van der Waals surface area contributed by atoms with Gasteiger partial charge in [0.1, 0.15) is 0 Å². The third kappa shape index (κ3) is 9.79. The van der Waals surface area contributed by atoms with Gasteiger partial charge in [-0.2, -0.15) is 0 Å². The predicted molar refractivity (Wildman–Crippen MR) is 136 cm³/mol. The summed E-state index contributed by atoms with van der Waals surface area (Å²) >= 11 is 0. The molecular weight excluding hydrogens is 426 g/mol. The number of nitrogens with zero attached hydrogens (tertiary/aromatic N) is 1. The molecule has 1 aromatic rings. The van der Waals surface area contributed by atoms with E-state index in [2.05, 4.69) is 18.9 Å². The summed E-state index contributed by atoms with van der Waals surface area (Å²) in [5, 5.41) is 0. The van der Waals surface area contributed by atoms with Gasteiger partial charge in [0.15, 0.2) is 0 Å². The Morgan fingerprint density at radius 1 is 1.00 bits per heavy atom. The Bertz CT molecular complexity index is 785. The number of amides is 1. The van der Waals surface area contributed by atoms with Crippen molar-refractivity contribution in [1.82, 2.24) is 4.90 Å². The van der Waals surface area contributed by atoms with Crippen LogP contribution in [0.1, 0.15) is 114 Å². The van der Waals surface area contributed by atoms with Gasteiger partial charge in [-0.3, -0.25) is 9.69 Å². The van der Waals surface area contributed by atoms with Crippen molar-refractivity contribution in [3.8, 4) is 12.3 Å². The predicted octanol–water partition coefficient (Wildman–Crippen LogP) is 7.34. The molecule has 188 valence electrons. The van der Waals surface area contributed by atoms with E-state index in [0.29, 0.717) is 6.42 Å². The first-order valence-corrected chi connectivity index (χ1v) is 13.2. The molecule has 0 spiro atoms. The van der Waals surface area contributed by atoms with Crippen molar-refractivity contribution in [2.24, 2.45) is 0 Å². The van der Waals surface area contributed by atoms with Crippen LogP contribution < -0.4 is 0 Å². The van der Waals surface area contributed by atoms with E-state index in [-0.39, 0.29) is 18.6 Å². The lowest BCUT2D eigenvalue weighted by molar-refractivity contribution is -0.166. The van der Waals surface area contributed by atoms with Crippen molar-refractivity contribution in [2.75, 3.05) is 6.54 Å². The number of hydrogen-bond donors (Lipinski definition) is 0. The number of ether oxygens (including phenoxy) is 2. The van der Waals surface area contributed by atoms with Gasteiger partial charge in [0.2, 0.25) is 6.29 Å². The van der Waals surface area contributed by atoms with Crippen LogP contribution in [0.3, 0.4) is 0 Å². The number of aryl methyl sites for hydroxylation is 1. The minimum atomic E-state index is -0.940. The Morgan fingerprint density at radius 3 is 2.26 bits per heavy atom. The monoisotopic (exact) mass is 469 g/mol. The van der Waals surface area contributed by atoms with Crippen LogP contribution in [0.4, 0.5) is 4.79 Å². The van der Waals surface area contributed by atoms with Gasteiger partial charge in [-0.25, -0.2) is 4.79 Å². The SMILES string of the molecule is C#CCN(C(=O)OC(C)OC(=O)CCCCCCCCCCCCC)[C@@H]1CCc2ccccc21. The molecule has 0 aromatic heterocycles. The summed E-state index contributed by atoms with van der Waals surface area (Å²) in [5.41, 5.74) is 2.34. The fourth-order valence-electron chi connectivity index (χ4n) is 4.67. The van der Waals surface area contributed by atoms with Gasteiger partial charge in [0, 0.05) is 13.3 Å². The van der Waals surface area contributed by atoms with Crippen LogP contribution >= 0.6 is 0 Å². The Hall–Kier alpha value is -2.48. The number of carbonyl (C=O) groups is 2. The van der Waals surface area contributed by atoms with Crippen LogP contribution in [0.5, 0.6) is 0 Å². The van der Waals surface area contributed by atoms with Gasteiger partial charge in [-0.15, -0.1) is 6.42 Å². The zero-order valence-electron chi connectivity index (χ0n) is 21.2. The van der Waals surface area contributed by atoms with Gasteiger partial charge in [0.25, 0.3) is 0 Å². The molecule has 1 unspecified atom stereocenters. The highest BCUT2D eigenvalue weighted by molar-refractivity contribution is 5.71. The Labute approximate surface area is 206 Å². The third-order valence-electron chi connectivity index (χ3n) is 6.52. The maximum atomic E-state index is 12.8. The first-order valence-electron chi connectivity index (χ1n) is 13.2. The van der Waals surface area contributed by atoms with E-state index in [1.807, 2.05) is 18.2 Å². The molecule has 0 radical (unpaired) electrons. The van der Waals surface area contributed by atoms with Gasteiger partial charge in [0.05, 0.1) is 12.6 Å². The van der Waals surface area contributed by atoms with E-state index in [4.69, 9.17) is 15.9 Å². The molecule has 1 amide bonds. The number of hydrogen-bond acceptors (Lipinski definition) is 4. The van der Waals surface area contributed by atoms with E-state index in [1.54, 1.807) is 11.8 Å². The van der Waals surface area contributed by atoms with E-state index in [1.165, 1.54) is 56.9 Å². The maximum absolute atomic E-state index is 12.8. The van der Waals surface area contributed by atoms with Gasteiger partial charge in [-0.05, 0) is 30.4 Å². The summed E-state index contributed by atoms with van der Waals surface area (Å²) in [6.07, 6.45) is 19.6. The molecule has 0 heterocycles. The van der Waals surface area contributed by atoms with Crippen LogP contribution in [0.15, 0.2) is 24.3 Å². The molecule has 0 fully saturated rings. The molecule has 1 aromatic carbocycles. The first-order chi connectivity index (χ1) is 16.6. The molecule has 1 aliphatic rings. The fraction of sp³-hybridized carbons (Fsp3) is 0.655. The number of terminal acetylenes is 1. The Kier molecular flexibility index (Phi) is 13.2. The average molecular weight is 470 g/mol. The molecule has 1 aliphatic carbocycles. The molecule has 34 heavy (non-hydrogen) atoms. The highest BCUT2D eigenvalue weighted by atomic mass is 16.7. The first kappa shape index (κ1) is 27.8. The number of rotatable bonds is 16. The molecule has 0 N–H and O–H groups in total. The largest absolute Gasteiger partial charge is 0.425 e. The van der Waals surface area contributed by atoms with E-state index >= 15 is 0 Å². The lowest BCUT2D eigenvalue weighted by Crippen LogP contribution is -2.37. The minimum absolute atomic E-state index is 0.112. The molecule has 5 nitrogen and oxygen atoms in total. The summed E-state index contributed by atoms with van der Waals surface area (Å²) in [6, 6.07) is 7.96. The number of unbranched alkanes of at least 4 members (excludes halogenated alkanes) is 10. The standard InChI is InChI=1S/C29H43NO4/c1-4-6-7-8-9-10-11-12-13-14-15-20-28(31)33-24(3)34-29(32)30(23-5-2)27-22-21-25-18-16-17-19-26(25)27/h2,16-19,24,27H,4,6-15,20-23H2,1,3H3/t24?,27-/m1/s1. The van der Waals surface area contributed by atoms with Gasteiger partial charge in [-0.1, -0.05) is 101 Å². The van der Waals surface area contributed by atoms with Crippen molar-refractivity contribution in [3.63, 3.8) is 0 Å². The molecule has 2 atom stereocenters. The van der Waals surface area contributed by atoms with E-state index < -0.39 is 12.4 Å². The average Bonchev–Trinajstić information content (AvgIpc) is 3.24. The highest BCUT2D eigenvalue weighted by Crippen LogP contribution is 2.35. The minimum Gasteiger partial charge on any atom is -0.425 e. The van der Waals surface area contributed by atoms with Crippen LogP contribution in [0.25, 0.3) is 0 Å². The van der Waals surface area contributed by atoms with E-state index in [9.17, 15) is 9.59 Å². The molecule has 0 saturated heterocycles. The van der Waals surface area contributed by atoms with Crippen molar-refractivity contribution in [1.29, 1.82) is 0 Å². The summed E-state index contributed by atoms with van der Waals surface area (Å²) in [6.45, 7) is 3.97. The number of fused-ring (bicyclic) bond motifs is 1. The normalized spacial score (nSPS) is 15.3. The zero-order valence-corrected chi connectivity index (χ0v) is 21.2. The molecule has 0 saturated carbocycles. The zero-order chi connectivity index (χ0) is 24.6. The second kappa shape index (κ2) is 16.2. The quantitative estimate of drug-likeness (QED) is 0.110. The molecule has 5 heteroatoms. The fourth-order valence-corrected chi connectivity index (χ4v) is 4.67. The van der Waals surface area contributed by atoms with E-state index in [0.717, 1.165) is 37.7 Å².